The molecule has 0 bridgehead atoms. The van der Waals surface area contributed by atoms with Crippen molar-refractivity contribution in [3.8, 4) is 17.2 Å². The molecular weight excluding hydrogens is 268 g/mol. The van der Waals surface area contributed by atoms with Crippen LogP contribution in [0.4, 0.5) is 0 Å². The predicted molar refractivity (Wildman–Crippen MR) is 80.7 cm³/mol. The number of aromatic nitrogens is 1. The van der Waals surface area contributed by atoms with Crippen LogP contribution in [0.15, 0.2) is 30.3 Å². The molecule has 0 aliphatic heterocycles. The van der Waals surface area contributed by atoms with Crippen LogP contribution < -0.4 is 19.9 Å². The lowest BCUT2D eigenvalue weighted by atomic mass is 10.2. The molecule has 0 atom stereocenters. The minimum Gasteiger partial charge on any atom is -0.497 e. The summed E-state index contributed by atoms with van der Waals surface area (Å²) in [6.07, 6.45) is 0. The summed E-state index contributed by atoms with van der Waals surface area (Å²) in [5.41, 5.74) is 8.32. The van der Waals surface area contributed by atoms with Crippen LogP contribution >= 0.6 is 0 Å². The van der Waals surface area contributed by atoms with Gasteiger partial charge in [0.25, 0.3) is 0 Å². The Balaban J connectivity index is 2.14. The molecule has 21 heavy (non-hydrogen) atoms. The number of hydrogen-bond acceptors (Lipinski definition) is 5. The summed E-state index contributed by atoms with van der Waals surface area (Å²) >= 11 is 0. The first-order valence-electron chi connectivity index (χ1n) is 6.67. The van der Waals surface area contributed by atoms with E-state index in [1.165, 1.54) is 0 Å². The lowest BCUT2D eigenvalue weighted by molar-refractivity contribution is 0.297. The molecule has 0 fully saturated rings. The molecule has 0 spiro atoms. The fourth-order valence-electron chi connectivity index (χ4n) is 2.00. The van der Waals surface area contributed by atoms with Crippen molar-refractivity contribution in [2.45, 2.75) is 20.1 Å². The SMILES string of the molecule is COc1cc(CN)cc(OCc2cc(OC)cc(C)n2)c1. The minimum atomic E-state index is 0.356. The van der Waals surface area contributed by atoms with E-state index in [2.05, 4.69) is 4.98 Å². The Hall–Kier alpha value is -2.27. The van der Waals surface area contributed by atoms with Gasteiger partial charge in [-0.2, -0.15) is 0 Å². The second kappa shape index (κ2) is 6.95. The summed E-state index contributed by atoms with van der Waals surface area (Å²) in [7, 11) is 3.25. The predicted octanol–water partition coefficient (Wildman–Crippen LogP) is 2.44. The zero-order chi connectivity index (χ0) is 15.2. The third kappa shape index (κ3) is 4.10. The van der Waals surface area contributed by atoms with E-state index in [0.717, 1.165) is 28.5 Å². The zero-order valence-electron chi connectivity index (χ0n) is 12.6. The summed E-state index contributed by atoms with van der Waals surface area (Å²) in [6, 6.07) is 9.35. The molecule has 2 N–H and O–H groups in total. The highest BCUT2D eigenvalue weighted by Gasteiger charge is 2.05. The van der Waals surface area contributed by atoms with Crippen molar-refractivity contribution >= 4 is 0 Å². The van der Waals surface area contributed by atoms with Crippen molar-refractivity contribution in [1.82, 2.24) is 4.98 Å². The highest BCUT2D eigenvalue weighted by molar-refractivity contribution is 5.38. The first-order valence-corrected chi connectivity index (χ1v) is 6.67. The van der Waals surface area contributed by atoms with Gasteiger partial charge in [-0.25, -0.2) is 0 Å². The molecule has 0 amide bonds. The number of nitrogens with zero attached hydrogens (tertiary/aromatic N) is 1. The van der Waals surface area contributed by atoms with Gasteiger partial charge in [0, 0.05) is 30.4 Å². The van der Waals surface area contributed by atoms with Crippen molar-refractivity contribution in [3.63, 3.8) is 0 Å². The highest BCUT2D eigenvalue weighted by atomic mass is 16.5. The molecule has 112 valence electrons. The van der Waals surface area contributed by atoms with Gasteiger partial charge < -0.3 is 19.9 Å². The van der Waals surface area contributed by atoms with Gasteiger partial charge in [0.15, 0.2) is 0 Å². The van der Waals surface area contributed by atoms with Crippen LogP contribution in [0.3, 0.4) is 0 Å². The first-order chi connectivity index (χ1) is 10.1. The van der Waals surface area contributed by atoms with Crippen LogP contribution in [0.2, 0.25) is 0 Å². The molecule has 0 aliphatic carbocycles. The average molecular weight is 288 g/mol. The van der Waals surface area contributed by atoms with E-state index >= 15 is 0 Å². The van der Waals surface area contributed by atoms with Gasteiger partial charge in [-0.1, -0.05) is 0 Å². The maximum atomic E-state index is 5.78. The quantitative estimate of drug-likeness (QED) is 0.884. The topological polar surface area (TPSA) is 66.6 Å². The Morgan fingerprint density at radius 2 is 1.62 bits per heavy atom. The fourth-order valence-corrected chi connectivity index (χ4v) is 2.00. The van der Waals surface area contributed by atoms with E-state index in [4.69, 9.17) is 19.9 Å². The molecule has 0 unspecified atom stereocenters. The number of hydrogen-bond donors (Lipinski definition) is 1. The number of aryl methyl sites for hydroxylation is 1. The van der Waals surface area contributed by atoms with Gasteiger partial charge in [-0.15, -0.1) is 0 Å². The van der Waals surface area contributed by atoms with E-state index < -0.39 is 0 Å². The second-order valence-corrected chi connectivity index (χ2v) is 4.65. The average Bonchev–Trinajstić information content (AvgIpc) is 2.51. The lowest BCUT2D eigenvalue weighted by Crippen LogP contribution is -2.02. The number of methoxy groups -OCH3 is 2. The summed E-state index contributed by atoms with van der Waals surface area (Å²) in [5, 5.41) is 0. The molecular formula is C16H20N2O3. The Kier molecular flexibility index (Phi) is 5.00. The van der Waals surface area contributed by atoms with E-state index in [9.17, 15) is 0 Å². The summed E-state index contributed by atoms with van der Waals surface area (Å²) in [5.74, 6) is 2.20. The zero-order valence-corrected chi connectivity index (χ0v) is 12.6. The molecule has 1 aromatic carbocycles. The van der Waals surface area contributed by atoms with E-state index in [-0.39, 0.29) is 0 Å². The first kappa shape index (κ1) is 15.1. The summed E-state index contributed by atoms with van der Waals surface area (Å²) in [4.78, 5) is 4.42. The molecule has 2 rings (SSSR count). The third-order valence-corrected chi connectivity index (χ3v) is 3.01. The van der Waals surface area contributed by atoms with Crippen LogP contribution in [-0.4, -0.2) is 19.2 Å². The van der Waals surface area contributed by atoms with Crippen LogP contribution in [0.5, 0.6) is 17.2 Å². The fraction of sp³-hybridized carbons (Fsp3) is 0.312. The standard InChI is InChI=1S/C16H20N2O3/c1-11-4-14(19-2)7-13(18-11)10-21-16-6-12(9-17)5-15(8-16)20-3/h4-8H,9-10,17H2,1-3H3. The second-order valence-electron chi connectivity index (χ2n) is 4.65. The molecule has 0 radical (unpaired) electrons. The lowest BCUT2D eigenvalue weighted by Gasteiger charge is -2.11. The van der Waals surface area contributed by atoms with Crippen LogP contribution in [0.25, 0.3) is 0 Å². The van der Waals surface area contributed by atoms with E-state index in [1.807, 2.05) is 37.3 Å². The normalized spacial score (nSPS) is 10.3. The number of ether oxygens (including phenoxy) is 3. The van der Waals surface area contributed by atoms with Crippen molar-refractivity contribution in [2.75, 3.05) is 14.2 Å². The maximum absolute atomic E-state index is 5.78. The van der Waals surface area contributed by atoms with Gasteiger partial charge in [-0.05, 0) is 24.6 Å². The van der Waals surface area contributed by atoms with Gasteiger partial charge in [0.05, 0.1) is 19.9 Å². The van der Waals surface area contributed by atoms with Gasteiger partial charge in [0.2, 0.25) is 0 Å². The third-order valence-electron chi connectivity index (χ3n) is 3.01. The van der Waals surface area contributed by atoms with Gasteiger partial charge >= 0.3 is 0 Å². The Morgan fingerprint density at radius 1 is 0.952 bits per heavy atom. The minimum absolute atomic E-state index is 0.356. The van der Waals surface area contributed by atoms with Crippen LogP contribution in [-0.2, 0) is 13.2 Å². The number of pyridine rings is 1. The smallest absolute Gasteiger partial charge is 0.130 e. The van der Waals surface area contributed by atoms with Gasteiger partial charge in [-0.3, -0.25) is 4.98 Å². The van der Waals surface area contributed by atoms with Crippen LogP contribution in [0, 0.1) is 6.92 Å². The molecule has 1 aromatic heterocycles. The molecule has 0 saturated carbocycles. The molecule has 2 aromatic rings. The molecule has 5 heteroatoms. The molecule has 0 aliphatic rings. The highest BCUT2D eigenvalue weighted by Crippen LogP contribution is 2.23. The van der Waals surface area contributed by atoms with Crippen molar-refractivity contribution < 1.29 is 14.2 Å². The van der Waals surface area contributed by atoms with E-state index in [1.54, 1.807) is 14.2 Å². The van der Waals surface area contributed by atoms with Crippen molar-refractivity contribution in [1.29, 1.82) is 0 Å². The van der Waals surface area contributed by atoms with Gasteiger partial charge in [0.1, 0.15) is 23.9 Å². The summed E-state index contributed by atoms with van der Waals surface area (Å²) in [6.45, 7) is 2.71. The number of rotatable bonds is 6. The van der Waals surface area contributed by atoms with Crippen molar-refractivity contribution in [3.05, 3.63) is 47.3 Å². The monoisotopic (exact) mass is 288 g/mol. The Bertz CT molecular complexity index is 592. The molecule has 1 heterocycles. The Morgan fingerprint density at radius 3 is 2.29 bits per heavy atom. The van der Waals surface area contributed by atoms with E-state index in [0.29, 0.717) is 18.9 Å². The van der Waals surface area contributed by atoms with Crippen LogP contribution in [0.1, 0.15) is 17.0 Å². The number of nitrogens with two attached hydrogens (primary N) is 1. The number of benzene rings is 1. The molecule has 0 saturated heterocycles. The van der Waals surface area contributed by atoms with Crippen molar-refractivity contribution in [2.24, 2.45) is 5.73 Å². The maximum Gasteiger partial charge on any atom is 0.130 e. The summed E-state index contributed by atoms with van der Waals surface area (Å²) < 4.78 is 16.2. The molecule has 5 nitrogen and oxygen atoms in total. The Labute approximate surface area is 124 Å². The largest absolute Gasteiger partial charge is 0.497 e.